The molecule has 0 radical (unpaired) electrons. The van der Waals surface area contributed by atoms with Crippen molar-refractivity contribution >= 4 is 10.2 Å². The topological polar surface area (TPSA) is 62.6 Å². The maximum Gasteiger partial charge on any atom is 0.279 e. The molecule has 0 bridgehead atoms. The molecular weight excluding hydrogens is 252 g/mol. The van der Waals surface area contributed by atoms with E-state index in [-0.39, 0.29) is 6.04 Å². The molecule has 104 valence electrons. The minimum Gasteiger partial charge on any atom is -0.469 e. The maximum atomic E-state index is 12.0. The molecule has 1 rings (SSSR count). The molecule has 1 aromatic rings. The highest BCUT2D eigenvalue weighted by molar-refractivity contribution is 7.87. The van der Waals surface area contributed by atoms with Crippen LogP contribution in [-0.4, -0.2) is 32.4 Å². The Morgan fingerprint density at radius 2 is 2.22 bits per heavy atom. The van der Waals surface area contributed by atoms with E-state index >= 15 is 0 Å². The zero-order valence-corrected chi connectivity index (χ0v) is 12.0. The predicted octanol–water partition coefficient (Wildman–Crippen LogP) is 1.78. The van der Waals surface area contributed by atoms with Crippen LogP contribution in [0.1, 0.15) is 32.4 Å². The molecule has 0 amide bonds. The summed E-state index contributed by atoms with van der Waals surface area (Å²) in [6, 6.07) is 3.44. The highest BCUT2D eigenvalue weighted by atomic mass is 32.2. The molecule has 0 aliphatic heterocycles. The summed E-state index contributed by atoms with van der Waals surface area (Å²) < 4.78 is 33.1. The fourth-order valence-corrected chi connectivity index (χ4v) is 2.76. The van der Waals surface area contributed by atoms with Gasteiger partial charge in [0, 0.05) is 26.1 Å². The fourth-order valence-electron chi connectivity index (χ4n) is 1.62. The number of hydrogen-bond donors (Lipinski definition) is 1. The molecular formula is C12H22N2O3S. The first kappa shape index (κ1) is 15.2. The largest absolute Gasteiger partial charge is 0.469 e. The van der Waals surface area contributed by atoms with Crippen LogP contribution in [0.4, 0.5) is 0 Å². The van der Waals surface area contributed by atoms with Crippen molar-refractivity contribution < 1.29 is 12.8 Å². The second-order valence-corrected chi connectivity index (χ2v) is 6.29. The average Bonchev–Trinajstić information content (AvgIpc) is 2.77. The molecule has 6 heteroatoms. The highest BCUT2D eigenvalue weighted by Gasteiger charge is 2.20. The predicted molar refractivity (Wildman–Crippen MR) is 71.5 cm³/mol. The van der Waals surface area contributed by atoms with Crippen molar-refractivity contribution in [2.45, 2.75) is 39.2 Å². The Morgan fingerprint density at radius 3 is 2.78 bits per heavy atom. The summed E-state index contributed by atoms with van der Waals surface area (Å²) in [5.41, 5.74) is 0. The normalized spacial score (nSPS) is 14.0. The second kappa shape index (κ2) is 6.92. The van der Waals surface area contributed by atoms with Crippen molar-refractivity contribution in [1.82, 2.24) is 9.03 Å². The van der Waals surface area contributed by atoms with Crippen molar-refractivity contribution in [3.8, 4) is 0 Å². The summed E-state index contributed by atoms with van der Waals surface area (Å²) in [6.45, 7) is 4.40. The summed E-state index contributed by atoms with van der Waals surface area (Å²) >= 11 is 0. The third-order valence-corrected chi connectivity index (χ3v) is 4.38. The van der Waals surface area contributed by atoms with Crippen LogP contribution < -0.4 is 4.72 Å². The van der Waals surface area contributed by atoms with Gasteiger partial charge in [0.1, 0.15) is 5.76 Å². The number of hydrogen-bond acceptors (Lipinski definition) is 3. The Kier molecular flexibility index (Phi) is 5.84. The van der Waals surface area contributed by atoms with Gasteiger partial charge in [0.2, 0.25) is 0 Å². The van der Waals surface area contributed by atoms with Crippen molar-refractivity contribution in [2.24, 2.45) is 0 Å². The van der Waals surface area contributed by atoms with E-state index in [4.69, 9.17) is 4.42 Å². The van der Waals surface area contributed by atoms with Gasteiger partial charge in [-0.3, -0.25) is 0 Å². The quantitative estimate of drug-likeness (QED) is 0.786. The van der Waals surface area contributed by atoms with Gasteiger partial charge >= 0.3 is 0 Å². The van der Waals surface area contributed by atoms with Gasteiger partial charge in [-0.05, 0) is 25.5 Å². The van der Waals surface area contributed by atoms with Crippen LogP contribution in [0.5, 0.6) is 0 Å². The van der Waals surface area contributed by atoms with E-state index in [1.165, 1.54) is 4.31 Å². The Labute approximate surface area is 109 Å². The molecule has 0 saturated heterocycles. The van der Waals surface area contributed by atoms with E-state index in [0.717, 1.165) is 18.6 Å². The van der Waals surface area contributed by atoms with Crippen LogP contribution in [0.25, 0.3) is 0 Å². The van der Waals surface area contributed by atoms with Crippen molar-refractivity contribution in [1.29, 1.82) is 0 Å². The van der Waals surface area contributed by atoms with E-state index < -0.39 is 10.2 Å². The summed E-state index contributed by atoms with van der Waals surface area (Å²) in [5.74, 6) is 0.779. The Balaban J connectivity index is 2.49. The van der Waals surface area contributed by atoms with Gasteiger partial charge in [-0.15, -0.1) is 0 Å². The molecule has 0 unspecified atom stereocenters. The highest BCUT2D eigenvalue weighted by Crippen LogP contribution is 2.06. The number of unbranched alkanes of at least 4 members (excludes halogenated alkanes) is 1. The molecule has 1 heterocycles. The average molecular weight is 274 g/mol. The summed E-state index contributed by atoms with van der Waals surface area (Å²) in [6.07, 6.45) is 3.98. The summed E-state index contributed by atoms with van der Waals surface area (Å²) in [7, 11) is -1.80. The van der Waals surface area contributed by atoms with E-state index in [0.29, 0.717) is 13.0 Å². The van der Waals surface area contributed by atoms with E-state index in [9.17, 15) is 8.42 Å². The van der Waals surface area contributed by atoms with Crippen molar-refractivity contribution in [3.63, 3.8) is 0 Å². The van der Waals surface area contributed by atoms with Crippen LogP contribution in [0.2, 0.25) is 0 Å². The number of nitrogens with one attached hydrogen (secondary N) is 1. The lowest BCUT2D eigenvalue weighted by Crippen LogP contribution is -2.43. The van der Waals surface area contributed by atoms with Crippen molar-refractivity contribution in [3.05, 3.63) is 24.2 Å². The summed E-state index contributed by atoms with van der Waals surface area (Å²) in [5, 5.41) is 0. The molecule has 5 nitrogen and oxygen atoms in total. The lowest BCUT2D eigenvalue weighted by molar-refractivity contribution is 0.432. The lowest BCUT2D eigenvalue weighted by Gasteiger charge is -2.20. The van der Waals surface area contributed by atoms with Crippen LogP contribution in [0.15, 0.2) is 22.8 Å². The zero-order chi connectivity index (χ0) is 13.6. The standard InChI is InChI=1S/C12H22N2O3S/c1-4-5-8-14(3)18(15,16)13-11(2)10-12-7-6-9-17-12/h6-7,9,11,13H,4-5,8,10H2,1-3H3/t11-/m1/s1. The van der Waals surface area contributed by atoms with Gasteiger partial charge < -0.3 is 4.42 Å². The first-order valence-electron chi connectivity index (χ1n) is 6.21. The third kappa shape index (κ3) is 4.80. The molecule has 18 heavy (non-hydrogen) atoms. The van der Waals surface area contributed by atoms with Gasteiger partial charge in [-0.25, -0.2) is 0 Å². The molecule has 0 aliphatic carbocycles. The van der Waals surface area contributed by atoms with Gasteiger partial charge in [-0.1, -0.05) is 13.3 Å². The SMILES string of the molecule is CCCCN(C)S(=O)(=O)N[C@H](C)Cc1ccco1. The molecule has 0 aromatic carbocycles. The summed E-state index contributed by atoms with van der Waals surface area (Å²) in [4.78, 5) is 0. The number of rotatable bonds is 8. The smallest absolute Gasteiger partial charge is 0.279 e. The molecule has 0 fully saturated rings. The van der Waals surface area contributed by atoms with Crippen LogP contribution >= 0.6 is 0 Å². The Hall–Kier alpha value is -0.850. The monoisotopic (exact) mass is 274 g/mol. The van der Waals surface area contributed by atoms with Crippen molar-refractivity contribution in [2.75, 3.05) is 13.6 Å². The zero-order valence-electron chi connectivity index (χ0n) is 11.2. The van der Waals surface area contributed by atoms with Gasteiger partial charge in [0.15, 0.2) is 0 Å². The first-order chi connectivity index (χ1) is 8.45. The fraction of sp³-hybridized carbons (Fsp3) is 0.667. The van der Waals surface area contributed by atoms with E-state index in [2.05, 4.69) is 4.72 Å². The minimum atomic E-state index is -3.39. The van der Waals surface area contributed by atoms with Crippen LogP contribution in [0.3, 0.4) is 0 Å². The van der Waals surface area contributed by atoms with Crippen LogP contribution in [-0.2, 0) is 16.6 Å². The number of furan rings is 1. The maximum absolute atomic E-state index is 12.0. The van der Waals surface area contributed by atoms with E-state index in [1.807, 2.05) is 19.9 Å². The second-order valence-electron chi connectivity index (χ2n) is 4.48. The molecule has 0 aliphatic rings. The van der Waals surface area contributed by atoms with E-state index in [1.54, 1.807) is 19.4 Å². The van der Waals surface area contributed by atoms with Gasteiger partial charge in [0.05, 0.1) is 6.26 Å². The third-order valence-electron chi connectivity index (χ3n) is 2.67. The number of nitrogens with zero attached hydrogens (tertiary/aromatic N) is 1. The Morgan fingerprint density at radius 1 is 1.50 bits per heavy atom. The Bertz CT molecular complexity index is 428. The van der Waals surface area contributed by atoms with Crippen LogP contribution in [0, 0.1) is 0 Å². The molecule has 1 aromatic heterocycles. The molecule has 1 atom stereocenters. The molecule has 0 saturated carbocycles. The first-order valence-corrected chi connectivity index (χ1v) is 7.65. The van der Waals surface area contributed by atoms with Gasteiger partial charge in [-0.2, -0.15) is 17.4 Å². The molecule has 0 spiro atoms. The molecule has 1 N–H and O–H groups in total. The van der Waals surface area contributed by atoms with Gasteiger partial charge in [0.25, 0.3) is 10.2 Å². The minimum absolute atomic E-state index is 0.190. The lowest BCUT2D eigenvalue weighted by atomic mass is 10.2.